The van der Waals surface area contributed by atoms with Crippen LogP contribution in [0.2, 0.25) is 0 Å². The van der Waals surface area contributed by atoms with Crippen LogP contribution in [0.4, 0.5) is 0 Å². The minimum Gasteiger partial charge on any atom is -0.463 e. The Morgan fingerprint density at radius 1 is 1.04 bits per heavy atom. The quantitative estimate of drug-likeness (QED) is 0.655. The largest absolute Gasteiger partial charge is 0.463 e. The van der Waals surface area contributed by atoms with Crippen LogP contribution >= 0.6 is 0 Å². The van der Waals surface area contributed by atoms with E-state index in [1.807, 2.05) is 18.2 Å². The highest BCUT2D eigenvalue weighted by atomic mass is 16.5. The van der Waals surface area contributed by atoms with Gasteiger partial charge in [0.25, 0.3) is 0 Å². The monoisotopic (exact) mass is 324 g/mol. The third-order valence-corrected chi connectivity index (χ3v) is 3.70. The summed E-state index contributed by atoms with van der Waals surface area (Å²) in [5, 5.41) is 11.2. The molecule has 1 atom stereocenters. The van der Waals surface area contributed by atoms with Crippen molar-refractivity contribution in [3.8, 4) is 0 Å². The van der Waals surface area contributed by atoms with Crippen molar-refractivity contribution in [3.05, 3.63) is 77.4 Å². The Kier molecular flexibility index (Phi) is 5.66. The molecule has 0 saturated carbocycles. The predicted molar refractivity (Wildman–Crippen MR) is 92.1 cm³/mol. The van der Waals surface area contributed by atoms with E-state index in [1.165, 1.54) is 13.0 Å². The molecule has 2 rings (SSSR count). The van der Waals surface area contributed by atoms with Gasteiger partial charge in [-0.1, -0.05) is 60.7 Å². The summed E-state index contributed by atoms with van der Waals surface area (Å²) in [6.45, 7) is 3.08. The highest BCUT2D eigenvalue weighted by Gasteiger charge is 2.43. The summed E-state index contributed by atoms with van der Waals surface area (Å²) in [6, 6.07) is 17.4. The third kappa shape index (κ3) is 3.60. The van der Waals surface area contributed by atoms with Crippen LogP contribution in [0.5, 0.6) is 0 Å². The molecule has 0 spiro atoms. The van der Waals surface area contributed by atoms with Crippen molar-refractivity contribution in [2.45, 2.75) is 19.4 Å². The SMILES string of the molecule is CCOC(=O)/C(=C\c1ccccc1)C(O)(C(C)=O)c1ccccc1. The van der Waals surface area contributed by atoms with Gasteiger partial charge < -0.3 is 9.84 Å². The number of esters is 1. The molecule has 4 heteroatoms. The molecule has 0 aliphatic rings. The second-order valence-corrected chi connectivity index (χ2v) is 5.32. The Hall–Kier alpha value is -2.72. The normalized spacial score (nSPS) is 13.9. The van der Waals surface area contributed by atoms with Gasteiger partial charge in [-0.05, 0) is 31.1 Å². The maximum Gasteiger partial charge on any atom is 0.337 e. The molecule has 24 heavy (non-hydrogen) atoms. The molecule has 0 aliphatic heterocycles. The number of carbonyl (C=O) groups excluding carboxylic acids is 2. The van der Waals surface area contributed by atoms with E-state index < -0.39 is 17.4 Å². The molecule has 2 aromatic rings. The Labute approximate surface area is 141 Å². The average molecular weight is 324 g/mol. The maximum absolute atomic E-state index is 12.5. The second-order valence-electron chi connectivity index (χ2n) is 5.32. The lowest BCUT2D eigenvalue weighted by Gasteiger charge is -2.27. The van der Waals surface area contributed by atoms with E-state index >= 15 is 0 Å². The summed E-state index contributed by atoms with van der Waals surface area (Å²) in [5.74, 6) is -1.27. The lowest BCUT2D eigenvalue weighted by Crippen LogP contribution is -2.39. The molecule has 1 unspecified atom stereocenters. The van der Waals surface area contributed by atoms with Gasteiger partial charge in [-0.3, -0.25) is 4.79 Å². The first-order chi connectivity index (χ1) is 11.5. The molecule has 0 aromatic heterocycles. The van der Waals surface area contributed by atoms with Gasteiger partial charge in [-0.25, -0.2) is 4.79 Å². The van der Waals surface area contributed by atoms with E-state index in [9.17, 15) is 14.7 Å². The van der Waals surface area contributed by atoms with Gasteiger partial charge in [0.15, 0.2) is 11.4 Å². The van der Waals surface area contributed by atoms with Gasteiger partial charge in [0.05, 0.1) is 12.2 Å². The highest BCUT2D eigenvalue weighted by Crippen LogP contribution is 2.33. The molecule has 0 amide bonds. The number of Topliss-reactive ketones (excluding diaryl/α,β-unsaturated/α-hetero) is 1. The zero-order chi connectivity index (χ0) is 17.6. The van der Waals surface area contributed by atoms with Crippen LogP contribution in [0.15, 0.2) is 66.2 Å². The minimum absolute atomic E-state index is 0.103. The molecule has 124 valence electrons. The zero-order valence-corrected chi connectivity index (χ0v) is 13.7. The van der Waals surface area contributed by atoms with Crippen molar-refractivity contribution in [2.24, 2.45) is 0 Å². The van der Waals surface area contributed by atoms with E-state index in [2.05, 4.69) is 0 Å². The molecular formula is C20H20O4. The second kappa shape index (κ2) is 7.70. The Balaban J connectivity index is 2.65. The highest BCUT2D eigenvalue weighted by molar-refractivity contribution is 6.05. The van der Waals surface area contributed by atoms with Crippen LogP contribution in [0.3, 0.4) is 0 Å². The van der Waals surface area contributed by atoms with Crippen molar-refractivity contribution < 1.29 is 19.4 Å². The van der Waals surface area contributed by atoms with Crippen LogP contribution in [0, 0.1) is 0 Å². The summed E-state index contributed by atoms with van der Waals surface area (Å²) in [5.41, 5.74) is -1.15. The van der Waals surface area contributed by atoms with Gasteiger partial charge >= 0.3 is 5.97 Å². The summed E-state index contributed by atoms with van der Waals surface area (Å²) in [6.07, 6.45) is 1.49. The van der Waals surface area contributed by atoms with Crippen molar-refractivity contribution in [1.82, 2.24) is 0 Å². The Morgan fingerprint density at radius 2 is 1.58 bits per heavy atom. The van der Waals surface area contributed by atoms with Crippen LogP contribution in [-0.2, 0) is 19.9 Å². The van der Waals surface area contributed by atoms with Crippen molar-refractivity contribution in [1.29, 1.82) is 0 Å². The number of rotatable bonds is 6. The van der Waals surface area contributed by atoms with Gasteiger partial charge in [0.1, 0.15) is 0 Å². The number of hydrogen-bond donors (Lipinski definition) is 1. The van der Waals surface area contributed by atoms with E-state index in [4.69, 9.17) is 4.74 Å². The molecule has 0 fully saturated rings. The summed E-state index contributed by atoms with van der Waals surface area (Å²) < 4.78 is 5.07. The zero-order valence-electron chi connectivity index (χ0n) is 13.7. The van der Waals surface area contributed by atoms with Crippen molar-refractivity contribution in [2.75, 3.05) is 6.61 Å². The minimum atomic E-state index is -2.07. The molecule has 4 nitrogen and oxygen atoms in total. The Bertz CT molecular complexity index is 735. The topological polar surface area (TPSA) is 63.6 Å². The maximum atomic E-state index is 12.5. The molecule has 2 aromatic carbocycles. The lowest BCUT2D eigenvalue weighted by molar-refractivity contribution is -0.146. The first-order valence-electron chi connectivity index (χ1n) is 7.73. The standard InChI is InChI=1S/C20H20O4/c1-3-24-19(22)18(14-16-10-6-4-7-11-16)20(23,15(2)21)17-12-8-5-9-13-17/h4-14,23H,3H2,1-2H3/b18-14+. The lowest BCUT2D eigenvalue weighted by atomic mass is 9.82. The van der Waals surface area contributed by atoms with Crippen LogP contribution in [0.1, 0.15) is 25.0 Å². The summed E-state index contributed by atoms with van der Waals surface area (Å²) >= 11 is 0. The average Bonchev–Trinajstić information content (AvgIpc) is 2.60. The fourth-order valence-electron chi connectivity index (χ4n) is 2.46. The molecule has 0 saturated heterocycles. The fraction of sp³-hybridized carbons (Fsp3) is 0.200. The molecular weight excluding hydrogens is 304 g/mol. The van der Waals surface area contributed by atoms with Crippen LogP contribution in [0.25, 0.3) is 6.08 Å². The molecule has 0 heterocycles. The number of benzene rings is 2. The van der Waals surface area contributed by atoms with E-state index in [1.54, 1.807) is 49.4 Å². The number of aliphatic hydroxyl groups is 1. The Morgan fingerprint density at radius 3 is 2.08 bits per heavy atom. The van der Waals surface area contributed by atoms with Crippen LogP contribution in [-0.4, -0.2) is 23.5 Å². The van der Waals surface area contributed by atoms with E-state index in [0.717, 1.165) is 0 Å². The number of hydrogen-bond acceptors (Lipinski definition) is 4. The molecule has 0 aliphatic carbocycles. The van der Waals surface area contributed by atoms with Crippen molar-refractivity contribution in [3.63, 3.8) is 0 Å². The van der Waals surface area contributed by atoms with E-state index in [0.29, 0.717) is 11.1 Å². The first kappa shape index (κ1) is 17.6. The fourth-order valence-corrected chi connectivity index (χ4v) is 2.46. The van der Waals surface area contributed by atoms with Gasteiger partial charge in [0.2, 0.25) is 0 Å². The molecule has 0 radical (unpaired) electrons. The summed E-state index contributed by atoms with van der Waals surface area (Å²) in [7, 11) is 0. The summed E-state index contributed by atoms with van der Waals surface area (Å²) in [4.78, 5) is 24.8. The predicted octanol–water partition coefficient (Wildman–Crippen LogP) is 3.11. The number of ether oxygens (including phenoxy) is 1. The third-order valence-electron chi connectivity index (χ3n) is 3.70. The van der Waals surface area contributed by atoms with Gasteiger partial charge in [-0.15, -0.1) is 0 Å². The molecule has 1 N–H and O–H groups in total. The number of carbonyl (C=O) groups is 2. The van der Waals surface area contributed by atoms with Crippen LogP contribution < -0.4 is 0 Å². The van der Waals surface area contributed by atoms with Gasteiger partial charge in [-0.2, -0.15) is 0 Å². The van der Waals surface area contributed by atoms with Gasteiger partial charge in [0, 0.05) is 0 Å². The first-order valence-corrected chi connectivity index (χ1v) is 7.73. The smallest absolute Gasteiger partial charge is 0.337 e. The van der Waals surface area contributed by atoms with E-state index in [-0.39, 0.29) is 12.2 Å². The van der Waals surface area contributed by atoms with Crippen molar-refractivity contribution >= 4 is 17.8 Å². The molecule has 0 bridgehead atoms. The number of ketones is 1.